The summed E-state index contributed by atoms with van der Waals surface area (Å²) in [6.07, 6.45) is 5.37. The average Bonchev–Trinajstić information content (AvgIpc) is 2.95. The van der Waals surface area contributed by atoms with Crippen molar-refractivity contribution >= 4 is 5.83 Å². The summed E-state index contributed by atoms with van der Waals surface area (Å²) in [6, 6.07) is 11.2. The molecule has 0 aliphatic heterocycles. The second kappa shape index (κ2) is 13.5. The normalized spacial score (nSPS) is 18.1. The van der Waals surface area contributed by atoms with Crippen molar-refractivity contribution in [1.29, 1.82) is 0 Å². The zero-order valence-electron chi connectivity index (χ0n) is 22.5. The number of aryl methyl sites for hydroxylation is 1. The van der Waals surface area contributed by atoms with Crippen LogP contribution in [-0.4, -0.2) is 0 Å². The molecular formula is C33H33F7. The molecular weight excluding hydrogens is 529 g/mol. The highest BCUT2D eigenvalue weighted by atomic mass is 19.2. The van der Waals surface area contributed by atoms with Gasteiger partial charge in [-0.15, -0.1) is 0 Å². The van der Waals surface area contributed by atoms with Crippen LogP contribution in [0, 0.1) is 29.1 Å². The SMILES string of the molecule is CCCCCC(F)=C(F)c1ccc(C2CCC(c3cc(F)c(CCc4cc(F)c(F)c(F)c4)c(F)c3)CC2)cc1. The Labute approximate surface area is 230 Å². The second-order valence-electron chi connectivity index (χ2n) is 10.7. The van der Waals surface area contributed by atoms with E-state index < -0.39 is 40.7 Å². The van der Waals surface area contributed by atoms with Crippen LogP contribution in [-0.2, 0) is 12.8 Å². The van der Waals surface area contributed by atoms with E-state index in [9.17, 15) is 30.7 Å². The summed E-state index contributed by atoms with van der Waals surface area (Å²) < 4.78 is 98.4. The standard InChI is InChI=1S/C33H33F7/c1-2-3-4-5-27(34)32(39)24-13-11-22(12-14-24)21-7-9-23(10-8-21)25-18-28(35)26(29(36)19-25)15-6-20-16-30(37)33(40)31(38)17-20/h11-14,16-19,21,23H,2-10,15H2,1H3. The minimum atomic E-state index is -1.58. The first-order valence-corrected chi connectivity index (χ1v) is 13.9. The molecule has 0 saturated heterocycles. The van der Waals surface area contributed by atoms with E-state index in [1.165, 1.54) is 12.1 Å². The van der Waals surface area contributed by atoms with Gasteiger partial charge in [-0.1, -0.05) is 44.0 Å². The number of rotatable bonds is 10. The second-order valence-corrected chi connectivity index (χ2v) is 10.7. The van der Waals surface area contributed by atoms with Gasteiger partial charge in [0.15, 0.2) is 23.3 Å². The van der Waals surface area contributed by atoms with Gasteiger partial charge in [-0.05, 0) is 97.7 Å². The Morgan fingerprint density at radius 3 is 1.77 bits per heavy atom. The first kappa shape index (κ1) is 29.9. The van der Waals surface area contributed by atoms with E-state index in [1.54, 1.807) is 12.1 Å². The predicted molar refractivity (Wildman–Crippen MR) is 144 cm³/mol. The molecule has 0 heterocycles. The molecule has 1 saturated carbocycles. The number of benzene rings is 3. The summed E-state index contributed by atoms with van der Waals surface area (Å²) in [5.41, 5.74) is 1.76. The molecule has 3 aromatic carbocycles. The van der Waals surface area contributed by atoms with Crippen molar-refractivity contribution in [2.24, 2.45) is 0 Å². The molecule has 0 atom stereocenters. The first-order chi connectivity index (χ1) is 19.2. The van der Waals surface area contributed by atoms with Gasteiger partial charge in [-0.3, -0.25) is 0 Å². The molecule has 7 heteroatoms. The van der Waals surface area contributed by atoms with Gasteiger partial charge in [0.25, 0.3) is 0 Å². The monoisotopic (exact) mass is 562 g/mol. The lowest BCUT2D eigenvalue weighted by Crippen LogP contribution is -2.13. The van der Waals surface area contributed by atoms with Crippen LogP contribution in [0.5, 0.6) is 0 Å². The van der Waals surface area contributed by atoms with Crippen LogP contribution in [0.15, 0.2) is 54.4 Å². The van der Waals surface area contributed by atoms with E-state index in [0.717, 1.165) is 56.2 Å². The fourth-order valence-electron chi connectivity index (χ4n) is 5.58. The van der Waals surface area contributed by atoms with E-state index in [1.807, 2.05) is 19.1 Å². The van der Waals surface area contributed by atoms with Gasteiger partial charge >= 0.3 is 0 Å². The van der Waals surface area contributed by atoms with Crippen molar-refractivity contribution in [2.75, 3.05) is 0 Å². The highest BCUT2D eigenvalue weighted by Gasteiger charge is 2.25. The van der Waals surface area contributed by atoms with E-state index in [4.69, 9.17) is 0 Å². The quantitative estimate of drug-likeness (QED) is 0.131. The summed E-state index contributed by atoms with van der Waals surface area (Å²) in [6.45, 7) is 2.01. The fraction of sp³-hybridized carbons (Fsp3) is 0.394. The first-order valence-electron chi connectivity index (χ1n) is 13.9. The maximum atomic E-state index is 14.9. The Kier molecular flexibility index (Phi) is 10.1. The largest absolute Gasteiger partial charge is 0.209 e. The minimum absolute atomic E-state index is 0.0218. The molecule has 0 nitrogen and oxygen atoms in total. The third-order valence-corrected chi connectivity index (χ3v) is 7.94. The highest BCUT2D eigenvalue weighted by Crippen LogP contribution is 2.41. The molecule has 0 bridgehead atoms. The average molecular weight is 563 g/mol. The molecule has 0 unspecified atom stereocenters. The summed E-state index contributed by atoms with van der Waals surface area (Å²) >= 11 is 0. The molecule has 0 radical (unpaired) electrons. The van der Waals surface area contributed by atoms with Gasteiger partial charge in [-0.2, -0.15) is 0 Å². The fourth-order valence-corrected chi connectivity index (χ4v) is 5.58. The molecule has 1 aliphatic rings. The number of hydrogen-bond acceptors (Lipinski definition) is 0. The van der Waals surface area contributed by atoms with Crippen LogP contribution in [0.1, 0.15) is 97.9 Å². The number of halogens is 7. The Bertz CT molecular complexity index is 1290. The van der Waals surface area contributed by atoms with Gasteiger partial charge in [0.1, 0.15) is 17.5 Å². The van der Waals surface area contributed by atoms with Crippen molar-refractivity contribution in [3.63, 3.8) is 0 Å². The lowest BCUT2D eigenvalue weighted by molar-refractivity contribution is 0.393. The van der Waals surface area contributed by atoms with Gasteiger partial charge in [0.05, 0.1) is 0 Å². The van der Waals surface area contributed by atoms with Gasteiger partial charge < -0.3 is 0 Å². The molecule has 0 amide bonds. The summed E-state index contributed by atoms with van der Waals surface area (Å²) in [5, 5.41) is 0. The van der Waals surface area contributed by atoms with Crippen LogP contribution in [0.2, 0.25) is 0 Å². The maximum Gasteiger partial charge on any atom is 0.194 e. The molecule has 1 aliphatic carbocycles. The van der Waals surface area contributed by atoms with E-state index >= 15 is 0 Å². The van der Waals surface area contributed by atoms with Crippen LogP contribution >= 0.6 is 0 Å². The van der Waals surface area contributed by atoms with Crippen LogP contribution < -0.4 is 0 Å². The zero-order valence-corrected chi connectivity index (χ0v) is 22.5. The molecule has 40 heavy (non-hydrogen) atoms. The third-order valence-electron chi connectivity index (χ3n) is 7.94. The zero-order chi connectivity index (χ0) is 28.8. The van der Waals surface area contributed by atoms with Crippen molar-refractivity contribution in [1.82, 2.24) is 0 Å². The van der Waals surface area contributed by atoms with Gasteiger partial charge in [-0.25, -0.2) is 30.7 Å². The topological polar surface area (TPSA) is 0 Å². The van der Waals surface area contributed by atoms with Crippen molar-refractivity contribution in [3.8, 4) is 0 Å². The number of hydrogen-bond donors (Lipinski definition) is 0. The summed E-state index contributed by atoms with van der Waals surface area (Å²) in [7, 11) is 0. The Hall–Kier alpha value is -3.09. The lowest BCUT2D eigenvalue weighted by Gasteiger charge is -2.29. The van der Waals surface area contributed by atoms with Gasteiger partial charge in [0, 0.05) is 17.5 Å². The van der Waals surface area contributed by atoms with Crippen LogP contribution in [0.3, 0.4) is 0 Å². The smallest absolute Gasteiger partial charge is 0.194 e. The van der Waals surface area contributed by atoms with E-state index in [0.29, 0.717) is 12.0 Å². The summed E-state index contributed by atoms with van der Waals surface area (Å²) in [4.78, 5) is 0. The van der Waals surface area contributed by atoms with Crippen LogP contribution in [0.4, 0.5) is 30.7 Å². The molecule has 3 aromatic rings. The molecule has 1 fully saturated rings. The van der Waals surface area contributed by atoms with Crippen molar-refractivity contribution in [2.45, 2.75) is 83.0 Å². The van der Waals surface area contributed by atoms with Crippen molar-refractivity contribution in [3.05, 3.63) is 111 Å². The van der Waals surface area contributed by atoms with Crippen molar-refractivity contribution < 1.29 is 30.7 Å². The van der Waals surface area contributed by atoms with E-state index in [-0.39, 0.29) is 47.8 Å². The summed E-state index contributed by atoms with van der Waals surface area (Å²) in [5.74, 6) is -7.01. The third kappa shape index (κ3) is 7.15. The molecule has 0 spiro atoms. The molecule has 4 rings (SSSR count). The maximum absolute atomic E-state index is 14.9. The van der Waals surface area contributed by atoms with Gasteiger partial charge in [0.2, 0.25) is 0 Å². The lowest BCUT2D eigenvalue weighted by atomic mass is 9.76. The Balaban J connectivity index is 1.35. The molecule has 0 N–H and O–H groups in total. The minimum Gasteiger partial charge on any atom is -0.209 e. The van der Waals surface area contributed by atoms with E-state index in [2.05, 4.69) is 0 Å². The number of unbranched alkanes of at least 4 members (excludes halogenated alkanes) is 2. The molecule has 214 valence electrons. The highest BCUT2D eigenvalue weighted by molar-refractivity contribution is 5.61. The molecule has 0 aromatic heterocycles. The number of allylic oxidation sites excluding steroid dienone is 1. The Morgan fingerprint density at radius 2 is 1.23 bits per heavy atom. The Morgan fingerprint density at radius 1 is 0.675 bits per heavy atom. The van der Waals surface area contributed by atoms with Crippen LogP contribution in [0.25, 0.3) is 5.83 Å². The predicted octanol–water partition coefficient (Wildman–Crippen LogP) is 10.8.